The maximum absolute atomic E-state index is 11.9. The Kier molecular flexibility index (Phi) is 5.24. The predicted octanol–water partition coefficient (Wildman–Crippen LogP) is 1.23. The third kappa shape index (κ3) is 3.87. The van der Waals surface area contributed by atoms with Gasteiger partial charge < -0.3 is 4.90 Å². The Labute approximate surface area is 117 Å². The van der Waals surface area contributed by atoms with Crippen LogP contribution in [-0.2, 0) is 9.84 Å². The molecule has 0 saturated heterocycles. The van der Waals surface area contributed by atoms with Gasteiger partial charge >= 0.3 is 6.03 Å². The van der Waals surface area contributed by atoms with Crippen LogP contribution in [0.5, 0.6) is 0 Å². The van der Waals surface area contributed by atoms with Crippen LogP contribution in [0.15, 0.2) is 4.34 Å². The first kappa shape index (κ1) is 15.8. The summed E-state index contributed by atoms with van der Waals surface area (Å²) in [5, 5.41) is 7.71. The Bertz CT molecular complexity index is 539. The summed E-state index contributed by atoms with van der Waals surface area (Å²) in [5.41, 5.74) is 0. The number of carbonyl (C=O) groups excluding carboxylic acids is 1. The first-order valence-corrected chi connectivity index (χ1v) is 8.27. The molecule has 0 bridgehead atoms. The highest BCUT2D eigenvalue weighted by Crippen LogP contribution is 2.24. The molecule has 0 saturated carbocycles. The number of unbranched alkanes of at least 4 members (excludes halogenated alkanes) is 1. The Morgan fingerprint density at radius 1 is 1.26 bits per heavy atom. The summed E-state index contributed by atoms with van der Waals surface area (Å²) in [6.07, 6.45) is 1.38. The number of rotatable bonds is 5. The second kappa shape index (κ2) is 6.29. The van der Waals surface area contributed by atoms with Gasteiger partial charge in [0.25, 0.3) is 0 Å². The number of aromatic nitrogens is 2. The van der Waals surface area contributed by atoms with Crippen molar-refractivity contribution < 1.29 is 13.2 Å². The fraction of sp³-hybridized carbons (Fsp3) is 0.700. The molecule has 0 spiro atoms. The highest BCUT2D eigenvalue weighted by atomic mass is 32.2. The van der Waals surface area contributed by atoms with Crippen LogP contribution in [0.3, 0.4) is 0 Å². The van der Waals surface area contributed by atoms with Crippen molar-refractivity contribution in [2.24, 2.45) is 0 Å². The van der Waals surface area contributed by atoms with Crippen LogP contribution in [0.2, 0.25) is 0 Å². The van der Waals surface area contributed by atoms with Gasteiger partial charge in [0.1, 0.15) is 0 Å². The molecule has 0 aliphatic carbocycles. The summed E-state index contributed by atoms with van der Waals surface area (Å²) in [6, 6.07) is -0.284. The van der Waals surface area contributed by atoms with Crippen LogP contribution in [0.1, 0.15) is 19.8 Å². The Balaban J connectivity index is 2.91. The third-order valence-electron chi connectivity index (χ3n) is 2.38. The molecule has 0 aliphatic rings. The number of sulfone groups is 1. The van der Waals surface area contributed by atoms with Crippen molar-refractivity contribution in [1.29, 1.82) is 0 Å². The van der Waals surface area contributed by atoms with E-state index in [0.717, 1.165) is 17.8 Å². The lowest BCUT2D eigenvalue weighted by molar-refractivity contribution is 0.225. The molecular weight excluding hydrogens is 288 g/mol. The van der Waals surface area contributed by atoms with Crippen LogP contribution in [-0.4, -0.2) is 56.4 Å². The van der Waals surface area contributed by atoms with E-state index in [1.54, 1.807) is 14.1 Å². The minimum Gasteiger partial charge on any atom is -0.330 e. The fourth-order valence-electron chi connectivity index (χ4n) is 1.27. The van der Waals surface area contributed by atoms with Crippen molar-refractivity contribution in [3.05, 3.63) is 0 Å². The average Bonchev–Trinajstić information content (AvgIpc) is 2.84. The average molecular weight is 306 g/mol. The minimum absolute atomic E-state index is 0.0330. The summed E-state index contributed by atoms with van der Waals surface area (Å²) < 4.78 is 23.8. The smallest absolute Gasteiger partial charge is 0.325 e. The standard InChI is InChI=1S/C10H18N4O3S2/c1-5-6-7-19(16,17)9-12-11-8(18-9)14(4)10(15)13(2)3/h5-7H2,1-4H3. The Morgan fingerprint density at radius 2 is 1.89 bits per heavy atom. The SMILES string of the molecule is CCCCS(=O)(=O)c1nnc(N(C)C(=O)N(C)C)s1. The maximum atomic E-state index is 11.9. The molecule has 0 radical (unpaired) electrons. The van der Waals surface area contributed by atoms with Crippen molar-refractivity contribution in [2.45, 2.75) is 24.1 Å². The first-order valence-electron chi connectivity index (χ1n) is 5.81. The van der Waals surface area contributed by atoms with E-state index in [4.69, 9.17) is 0 Å². The van der Waals surface area contributed by atoms with E-state index in [9.17, 15) is 13.2 Å². The van der Waals surface area contributed by atoms with Gasteiger partial charge in [-0.15, -0.1) is 10.2 Å². The van der Waals surface area contributed by atoms with Crippen LogP contribution < -0.4 is 4.90 Å². The Morgan fingerprint density at radius 3 is 2.42 bits per heavy atom. The Hall–Kier alpha value is -1.22. The number of carbonyl (C=O) groups is 1. The molecule has 1 aromatic heterocycles. The molecule has 0 atom stereocenters. The molecule has 0 fully saturated rings. The van der Waals surface area contributed by atoms with Gasteiger partial charge in [0.2, 0.25) is 19.3 Å². The van der Waals surface area contributed by atoms with Crippen molar-refractivity contribution >= 4 is 32.3 Å². The van der Waals surface area contributed by atoms with Gasteiger partial charge in [0.15, 0.2) is 0 Å². The van der Waals surface area contributed by atoms with Crippen molar-refractivity contribution in [2.75, 3.05) is 31.8 Å². The van der Waals surface area contributed by atoms with E-state index >= 15 is 0 Å². The normalized spacial score (nSPS) is 11.4. The second-order valence-corrected chi connectivity index (χ2v) is 7.50. The van der Waals surface area contributed by atoms with E-state index in [0.29, 0.717) is 6.42 Å². The number of anilines is 1. The molecule has 108 valence electrons. The van der Waals surface area contributed by atoms with Gasteiger partial charge in [-0.3, -0.25) is 4.90 Å². The van der Waals surface area contributed by atoms with Gasteiger partial charge in [-0.1, -0.05) is 24.7 Å². The molecule has 0 aliphatic heterocycles. The molecule has 1 aromatic rings. The monoisotopic (exact) mass is 306 g/mol. The van der Waals surface area contributed by atoms with Gasteiger partial charge in [-0.2, -0.15) is 0 Å². The quantitative estimate of drug-likeness (QED) is 0.764. The van der Waals surface area contributed by atoms with E-state index in [-0.39, 0.29) is 21.3 Å². The molecule has 7 nitrogen and oxygen atoms in total. The van der Waals surface area contributed by atoms with Gasteiger partial charge in [-0.25, -0.2) is 13.2 Å². The zero-order valence-corrected chi connectivity index (χ0v) is 13.1. The first-order chi connectivity index (χ1) is 8.79. The van der Waals surface area contributed by atoms with E-state index in [1.165, 1.54) is 16.8 Å². The molecule has 0 unspecified atom stereocenters. The highest BCUT2D eigenvalue weighted by molar-refractivity contribution is 7.93. The lowest BCUT2D eigenvalue weighted by Crippen LogP contribution is -2.36. The minimum atomic E-state index is -3.39. The topological polar surface area (TPSA) is 83.5 Å². The zero-order chi connectivity index (χ0) is 14.6. The third-order valence-corrected chi connectivity index (χ3v) is 5.63. The van der Waals surface area contributed by atoms with E-state index in [1.807, 2.05) is 6.92 Å². The number of urea groups is 1. The van der Waals surface area contributed by atoms with Gasteiger partial charge in [0.05, 0.1) is 5.75 Å². The predicted molar refractivity (Wildman–Crippen MR) is 74.4 cm³/mol. The molecule has 1 heterocycles. The van der Waals surface area contributed by atoms with Crippen LogP contribution in [0, 0.1) is 0 Å². The van der Waals surface area contributed by atoms with Crippen LogP contribution >= 0.6 is 11.3 Å². The fourth-order valence-corrected chi connectivity index (χ4v) is 3.79. The number of nitrogens with zero attached hydrogens (tertiary/aromatic N) is 4. The van der Waals surface area contributed by atoms with Gasteiger partial charge in [-0.05, 0) is 6.42 Å². The lowest BCUT2D eigenvalue weighted by atomic mass is 10.4. The maximum Gasteiger partial charge on any atom is 0.325 e. The number of hydrogen-bond acceptors (Lipinski definition) is 6. The van der Waals surface area contributed by atoms with Crippen molar-refractivity contribution in [1.82, 2.24) is 15.1 Å². The van der Waals surface area contributed by atoms with E-state index < -0.39 is 9.84 Å². The largest absolute Gasteiger partial charge is 0.330 e. The molecule has 9 heteroatoms. The van der Waals surface area contributed by atoms with Crippen LogP contribution in [0.4, 0.5) is 9.93 Å². The second-order valence-electron chi connectivity index (χ2n) is 4.26. The molecule has 0 aromatic carbocycles. The lowest BCUT2D eigenvalue weighted by Gasteiger charge is -2.18. The highest BCUT2D eigenvalue weighted by Gasteiger charge is 2.23. The van der Waals surface area contributed by atoms with Crippen molar-refractivity contribution in [3.8, 4) is 0 Å². The van der Waals surface area contributed by atoms with E-state index in [2.05, 4.69) is 10.2 Å². The molecule has 1 rings (SSSR count). The number of amides is 2. The van der Waals surface area contributed by atoms with Crippen LogP contribution in [0.25, 0.3) is 0 Å². The zero-order valence-electron chi connectivity index (χ0n) is 11.5. The molecular formula is C10H18N4O3S2. The van der Waals surface area contributed by atoms with Gasteiger partial charge in [0, 0.05) is 21.1 Å². The summed E-state index contributed by atoms with van der Waals surface area (Å²) in [4.78, 5) is 14.4. The summed E-state index contributed by atoms with van der Waals surface area (Å²) in [5.74, 6) is 0.0590. The molecule has 0 N–H and O–H groups in total. The number of hydrogen-bond donors (Lipinski definition) is 0. The summed E-state index contributed by atoms with van der Waals surface area (Å²) >= 11 is 0.912. The van der Waals surface area contributed by atoms with Crippen molar-refractivity contribution in [3.63, 3.8) is 0 Å². The summed E-state index contributed by atoms with van der Waals surface area (Å²) in [6.45, 7) is 1.92. The summed E-state index contributed by atoms with van der Waals surface area (Å²) in [7, 11) is 1.37. The molecule has 19 heavy (non-hydrogen) atoms. The molecule has 2 amide bonds.